The van der Waals surface area contributed by atoms with E-state index < -0.39 is 0 Å². The Labute approximate surface area is 114 Å². The first kappa shape index (κ1) is 14.0. The van der Waals surface area contributed by atoms with Gasteiger partial charge in [-0.3, -0.25) is 4.79 Å². The van der Waals surface area contributed by atoms with Gasteiger partial charge in [0, 0.05) is 18.4 Å². The molecule has 0 aliphatic carbocycles. The minimum Gasteiger partial charge on any atom is -0.335 e. The largest absolute Gasteiger partial charge is 0.335 e. The molecule has 2 atom stereocenters. The molecule has 4 nitrogen and oxygen atoms in total. The van der Waals surface area contributed by atoms with E-state index in [0.29, 0.717) is 19.6 Å². The molecule has 1 amide bonds. The monoisotopic (exact) mass is 263 g/mol. The van der Waals surface area contributed by atoms with Gasteiger partial charge in [0.1, 0.15) is 0 Å². The lowest BCUT2D eigenvalue weighted by Crippen LogP contribution is -2.31. The summed E-state index contributed by atoms with van der Waals surface area (Å²) in [5.41, 5.74) is 0.989. The second-order valence-corrected chi connectivity index (χ2v) is 5.52. The molecule has 104 valence electrons. The minimum atomic E-state index is -0.171. The highest BCUT2D eigenvalue weighted by atomic mass is 17.2. The third-order valence-corrected chi connectivity index (χ3v) is 3.73. The topological polar surface area (TPSA) is 38.8 Å². The van der Waals surface area contributed by atoms with Gasteiger partial charge in [-0.15, -0.1) is 0 Å². The molecular formula is C15H21NO3. The summed E-state index contributed by atoms with van der Waals surface area (Å²) in [6.07, 6.45) is 0.507. The van der Waals surface area contributed by atoms with Crippen molar-refractivity contribution in [2.75, 3.05) is 20.3 Å². The number of likely N-dealkylation sites (tertiary alicyclic amines) is 1. The van der Waals surface area contributed by atoms with Crippen molar-refractivity contribution in [3.8, 4) is 0 Å². The van der Waals surface area contributed by atoms with E-state index in [2.05, 4.69) is 30.9 Å². The van der Waals surface area contributed by atoms with Gasteiger partial charge in [-0.05, 0) is 12.5 Å². The Morgan fingerprint density at radius 1 is 1.37 bits per heavy atom. The zero-order chi connectivity index (χ0) is 13.9. The fourth-order valence-corrected chi connectivity index (χ4v) is 2.58. The standard InChI is InChI=1S/C15H21NO3/c1-12(13-7-5-4-6-8-13)16-10-15(2,9-14(16)17)11-19-18-3/h4-8,12H,9-11H2,1-3H3/t12-,15?/m1/s1. The molecule has 1 heterocycles. The van der Waals surface area contributed by atoms with Crippen LogP contribution in [0.25, 0.3) is 0 Å². The molecule has 4 heteroatoms. The van der Waals surface area contributed by atoms with Gasteiger partial charge < -0.3 is 4.90 Å². The highest BCUT2D eigenvalue weighted by molar-refractivity contribution is 5.80. The average molecular weight is 263 g/mol. The van der Waals surface area contributed by atoms with Crippen LogP contribution in [-0.2, 0) is 14.6 Å². The maximum atomic E-state index is 12.2. The highest BCUT2D eigenvalue weighted by Crippen LogP contribution is 2.36. The van der Waals surface area contributed by atoms with Crippen molar-refractivity contribution in [2.24, 2.45) is 5.41 Å². The summed E-state index contributed by atoms with van der Waals surface area (Å²) in [5, 5.41) is 0. The maximum absolute atomic E-state index is 12.2. The number of benzene rings is 1. The van der Waals surface area contributed by atoms with Crippen LogP contribution in [0, 0.1) is 5.41 Å². The molecule has 19 heavy (non-hydrogen) atoms. The van der Waals surface area contributed by atoms with Crippen molar-refractivity contribution in [1.29, 1.82) is 0 Å². The van der Waals surface area contributed by atoms with E-state index in [-0.39, 0.29) is 17.4 Å². The molecule has 1 fully saturated rings. The Morgan fingerprint density at radius 3 is 2.68 bits per heavy atom. The van der Waals surface area contributed by atoms with E-state index in [1.54, 1.807) is 0 Å². The summed E-state index contributed by atoms with van der Waals surface area (Å²) in [4.78, 5) is 23.8. The van der Waals surface area contributed by atoms with Gasteiger partial charge in [-0.1, -0.05) is 37.3 Å². The van der Waals surface area contributed by atoms with Crippen LogP contribution in [-0.4, -0.2) is 31.1 Å². The van der Waals surface area contributed by atoms with Crippen molar-refractivity contribution in [2.45, 2.75) is 26.3 Å². The Kier molecular flexibility index (Phi) is 4.22. The summed E-state index contributed by atoms with van der Waals surface area (Å²) in [6.45, 7) is 5.26. The molecule has 1 aliphatic rings. The molecule has 1 aromatic carbocycles. The van der Waals surface area contributed by atoms with Crippen LogP contribution >= 0.6 is 0 Å². The van der Waals surface area contributed by atoms with Gasteiger partial charge in [0.15, 0.2) is 0 Å². The molecule has 1 saturated heterocycles. The van der Waals surface area contributed by atoms with Crippen LogP contribution in [0.4, 0.5) is 0 Å². The van der Waals surface area contributed by atoms with Crippen LogP contribution in [0.2, 0.25) is 0 Å². The van der Waals surface area contributed by atoms with Gasteiger partial charge in [-0.25, -0.2) is 9.78 Å². The predicted molar refractivity (Wildman–Crippen MR) is 72.3 cm³/mol. The van der Waals surface area contributed by atoms with E-state index in [0.717, 1.165) is 5.56 Å². The molecule has 0 spiro atoms. The number of carbonyl (C=O) groups is 1. The second-order valence-electron chi connectivity index (χ2n) is 5.52. The van der Waals surface area contributed by atoms with Gasteiger partial charge in [0.05, 0.1) is 19.8 Å². The fourth-order valence-electron chi connectivity index (χ4n) is 2.58. The second kappa shape index (κ2) is 5.72. The minimum absolute atomic E-state index is 0.0954. The van der Waals surface area contributed by atoms with E-state index in [4.69, 9.17) is 4.89 Å². The van der Waals surface area contributed by atoms with Crippen LogP contribution < -0.4 is 0 Å². The number of hydrogen-bond donors (Lipinski definition) is 0. The third-order valence-electron chi connectivity index (χ3n) is 3.73. The van der Waals surface area contributed by atoms with Gasteiger partial charge >= 0.3 is 0 Å². The number of carbonyl (C=O) groups excluding carboxylic acids is 1. The van der Waals surface area contributed by atoms with E-state index >= 15 is 0 Å². The molecule has 1 unspecified atom stereocenters. The molecule has 0 saturated carbocycles. The Hall–Kier alpha value is -1.39. The average Bonchev–Trinajstić information content (AvgIpc) is 2.72. The van der Waals surface area contributed by atoms with Crippen LogP contribution in [0.15, 0.2) is 30.3 Å². The molecule has 0 radical (unpaired) electrons. The number of hydrogen-bond acceptors (Lipinski definition) is 3. The molecular weight excluding hydrogens is 242 g/mol. The lowest BCUT2D eigenvalue weighted by atomic mass is 9.91. The Balaban J connectivity index is 2.08. The summed E-state index contributed by atoms with van der Waals surface area (Å²) in [6, 6.07) is 10.2. The van der Waals surface area contributed by atoms with Crippen molar-refractivity contribution in [3.63, 3.8) is 0 Å². The lowest BCUT2D eigenvalue weighted by Gasteiger charge is -2.28. The first-order valence-corrected chi connectivity index (χ1v) is 6.56. The predicted octanol–water partition coefficient (Wildman–Crippen LogP) is 2.56. The molecule has 0 aromatic heterocycles. The molecule has 2 rings (SSSR count). The number of rotatable bonds is 5. The summed E-state index contributed by atoms with van der Waals surface area (Å²) >= 11 is 0. The molecule has 1 aliphatic heterocycles. The fraction of sp³-hybridized carbons (Fsp3) is 0.533. The SMILES string of the molecule is COOCC1(C)CC(=O)N([C@H](C)c2ccccc2)C1. The first-order chi connectivity index (χ1) is 9.06. The van der Waals surface area contributed by atoms with Crippen LogP contribution in [0.5, 0.6) is 0 Å². The molecule has 0 bridgehead atoms. The van der Waals surface area contributed by atoms with Crippen molar-refractivity contribution < 1.29 is 14.6 Å². The molecule has 0 N–H and O–H groups in total. The number of nitrogens with zero attached hydrogens (tertiary/aromatic N) is 1. The molecule has 1 aromatic rings. The quantitative estimate of drug-likeness (QED) is 0.605. The van der Waals surface area contributed by atoms with E-state index in [9.17, 15) is 4.79 Å². The summed E-state index contributed by atoms with van der Waals surface area (Å²) < 4.78 is 0. The first-order valence-electron chi connectivity index (χ1n) is 6.56. The maximum Gasteiger partial charge on any atom is 0.223 e. The lowest BCUT2D eigenvalue weighted by molar-refractivity contribution is -0.287. The zero-order valence-electron chi connectivity index (χ0n) is 11.8. The third kappa shape index (κ3) is 3.14. The van der Waals surface area contributed by atoms with Crippen molar-refractivity contribution in [1.82, 2.24) is 4.90 Å². The van der Waals surface area contributed by atoms with Crippen LogP contribution in [0.3, 0.4) is 0 Å². The normalized spacial score (nSPS) is 24.8. The van der Waals surface area contributed by atoms with Gasteiger partial charge in [0.25, 0.3) is 0 Å². The summed E-state index contributed by atoms with van der Waals surface area (Å²) in [7, 11) is 1.49. The zero-order valence-corrected chi connectivity index (χ0v) is 11.8. The summed E-state index contributed by atoms with van der Waals surface area (Å²) in [5.74, 6) is 0.179. The Bertz CT molecular complexity index is 434. The van der Waals surface area contributed by atoms with E-state index in [1.165, 1.54) is 7.11 Å². The highest BCUT2D eigenvalue weighted by Gasteiger charge is 2.42. The van der Waals surface area contributed by atoms with Crippen molar-refractivity contribution in [3.05, 3.63) is 35.9 Å². The van der Waals surface area contributed by atoms with Crippen LogP contribution in [0.1, 0.15) is 31.9 Å². The van der Waals surface area contributed by atoms with E-state index in [1.807, 2.05) is 23.1 Å². The smallest absolute Gasteiger partial charge is 0.223 e. The van der Waals surface area contributed by atoms with Crippen molar-refractivity contribution >= 4 is 5.91 Å². The number of amides is 1. The Morgan fingerprint density at radius 2 is 2.05 bits per heavy atom. The van der Waals surface area contributed by atoms with Gasteiger partial charge in [-0.2, -0.15) is 0 Å². The van der Waals surface area contributed by atoms with Gasteiger partial charge in [0.2, 0.25) is 5.91 Å².